The number of ether oxygens (including phenoxy) is 1. The van der Waals surface area contributed by atoms with Crippen LogP contribution in [0.3, 0.4) is 0 Å². The summed E-state index contributed by atoms with van der Waals surface area (Å²) in [6.45, 7) is 7.40. The molecule has 0 amide bonds. The number of rotatable bonds is 4. The smallest absolute Gasteiger partial charge is 0.323 e. The number of carbonyl (C=O) groups excluding carboxylic acids is 1. The molecule has 0 saturated carbocycles. The fraction of sp³-hybridized carbons (Fsp3) is 0.625. The van der Waals surface area contributed by atoms with Crippen LogP contribution in [0.2, 0.25) is 0 Å². The third-order valence-corrected chi connectivity index (χ3v) is 1.33. The third-order valence-electron chi connectivity index (χ3n) is 1.33. The number of hydrogen-bond donors (Lipinski definition) is 1. The number of hydrogen-bond acceptors (Lipinski definition) is 3. The second kappa shape index (κ2) is 4.91. The molecule has 0 fully saturated rings. The van der Waals surface area contributed by atoms with Crippen molar-refractivity contribution in [3.8, 4) is 0 Å². The number of carbonyl (C=O) groups is 1. The zero-order chi connectivity index (χ0) is 8.85. The van der Waals surface area contributed by atoms with Crippen molar-refractivity contribution in [1.82, 2.24) is 0 Å². The number of nitrogens with two attached hydrogens (primary N) is 1. The van der Waals surface area contributed by atoms with Crippen LogP contribution in [0.1, 0.15) is 13.8 Å². The van der Waals surface area contributed by atoms with Crippen molar-refractivity contribution >= 4 is 5.97 Å². The van der Waals surface area contributed by atoms with Gasteiger partial charge in [0.25, 0.3) is 0 Å². The molecule has 1 atom stereocenters. The van der Waals surface area contributed by atoms with Crippen molar-refractivity contribution in [2.24, 2.45) is 11.7 Å². The molecule has 64 valence electrons. The summed E-state index contributed by atoms with van der Waals surface area (Å²) in [4.78, 5) is 10.9. The molecular formula is C8H15NO2. The van der Waals surface area contributed by atoms with Crippen LogP contribution in [0.25, 0.3) is 0 Å². The first kappa shape index (κ1) is 10.2. The Balaban J connectivity index is 3.73. The SMILES string of the molecule is C=CCOC(=O)[C@H](N)C(C)C. The Morgan fingerprint density at radius 2 is 2.27 bits per heavy atom. The van der Waals surface area contributed by atoms with Crippen LogP contribution in [0.5, 0.6) is 0 Å². The fourth-order valence-electron chi connectivity index (χ4n) is 0.509. The second-order valence-corrected chi connectivity index (χ2v) is 2.69. The van der Waals surface area contributed by atoms with E-state index in [4.69, 9.17) is 10.5 Å². The summed E-state index contributed by atoms with van der Waals surface area (Å²) in [6, 6.07) is -0.519. The second-order valence-electron chi connectivity index (χ2n) is 2.69. The van der Waals surface area contributed by atoms with Gasteiger partial charge in [0.1, 0.15) is 12.6 Å². The lowest BCUT2D eigenvalue weighted by Crippen LogP contribution is -2.36. The van der Waals surface area contributed by atoms with Gasteiger partial charge in [-0.05, 0) is 5.92 Å². The highest BCUT2D eigenvalue weighted by atomic mass is 16.5. The third kappa shape index (κ3) is 3.78. The van der Waals surface area contributed by atoms with E-state index >= 15 is 0 Å². The van der Waals surface area contributed by atoms with Crippen molar-refractivity contribution in [3.63, 3.8) is 0 Å². The maximum atomic E-state index is 10.9. The lowest BCUT2D eigenvalue weighted by atomic mass is 10.1. The molecule has 0 saturated heterocycles. The Kier molecular flexibility index (Phi) is 4.54. The molecule has 0 aromatic carbocycles. The lowest BCUT2D eigenvalue weighted by Gasteiger charge is -2.13. The minimum atomic E-state index is -0.519. The monoisotopic (exact) mass is 157 g/mol. The summed E-state index contributed by atoms with van der Waals surface area (Å²) in [7, 11) is 0. The summed E-state index contributed by atoms with van der Waals surface area (Å²) >= 11 is 0. The molecule has 0 aliphatic carbocycles. The van der Waals surface area contributed by atoms with Crippen molar-refractivity contribution < 1.29 is 9.53 Å². The van der Waals surface area contributed by atoms with E-state index in [2.05, 4.69) is 6.58 Å². The highest BCUT2D eigenvalue weighted by Crippen LogP contribution is 1.99. The molecule has 0 aromatic rings. The van der Waals surface area contributed by atoms with Crippen LogP contribution in [0, 0.1) is 5.92 Å². The van der Waals surface area contributed by atoms with Gasteiger partial charge < -0.3 is 10.5 Å². The van der Waals surface area contributed by atoms with Gasteiger partial charge in [0.05, 0.1) is 0 Å². The molecule has 3 heteroatoms. The van der Waals surface area contributed by atoms with E-state index in [1.165, 1.54) is 6.08 Å². The van der Waals surface area contributed by atoms with Crippen LogP contribution in [0.15, 0.2) is 12.7 Å². The molecule has 11 heavy (non-hydrogen) atoms. The standard InChI is InChI=1S/C8H15NO2/c1-4-5-11-8(10)7(9)6(2)3/h4,6-7H,1,5,9H2,2-3H3/t7-/m1/s1. The Bertz CT molecular complexity index is 143. The van der Waals surface area contributed by atoms with Gasteiger partial charge in [0.15, 0.2) is 0 Å². The molecule has 0 rings (SSSR count). The van der Waals surface area contributed by atoms with E-state index in [1.54, 1.807) is 0 Å². The van der Waals surface area contributed by atoms with Crippen LogP contribution in [-0.2, 0) is 9.53 Å². The Morgan fingerprint density at radius 1 is 1.73 bits per heavy atom. The van der Waals surface area contributed by atoms with Crippen LogP contribution >= 0.6 is 0 Å². The summed E-state index contributed by atoms with van der Waals surface area (Å²) in [5.74, 6) is -0.243. The van der Waals surface area contributed by atoms with Crippen molar-refractivity contribution in [3.05, 3.63) is 12.7 Å². The molecule has 3 nitrogen and oxygen atoms in total. The van der Waals surface area contributed by atoms with Crippen LogP contribution in [0.4, 0.5) is 0 Å². The molecule has 0 spiro atoms. The predicted molar refractivity (Wildman–Crippen MR) is 44.0 cm³/mol. The van der Waals surface area contributed by atoms with Gasteiger partial charge in [0, 0.05) is 0 Å². The minimum Gasteiger partial charge on any atom is -0.460 e. The average Bonchev–Trinajstić information content (AvgIpc) is 1.98. The molecule has 0 aliphatic rings. The fourth-order valence-corrected chi connectivity index (χ4v) is 0.509. The molecule has 0 unspecified atom stereocenters. The molecule has 0 bridgehead atoms. The summed E-state index contributed by atoms with van der Waals surface area (Å²) in [6.07, 6.45) is 1.52. The molecule has 0 aliphatic heterocycles. The topological polar surface area (TPSA) is 52.3 Å². The lowest BCUT2D eigenvalue weighted by molar-refractivity contribution is -0.145. The summed E-state index contributed by atoms with van der Waals surface area (Å²) in [5, 5.41) is 0. The largest absolute Gasteiger partial charge is 0.460 e. The van der Waals surface area contributed by atoms with E-state index < -0.39 is 6.04 Å². The van der Waals surface area contributed by atoms with Crippen LogP contribution < -0.4 is 5.73 Å². The van der Waals surface area contributed by atoms with Gasteiger partial charge in [-0.3, -0.25) is 4.79 Å². The van der Waals surface area contributed by atoms with E-state index in [0.717, 1.165) is 0 Å². The van der Waals surface area contributed by atoms with E-state index in [1.807, 2.05) is 13.8 Å². The molecule has 2 N–H and O–H groups in total. The average molecular weight is 157 g/mol. The van der Waals surface area contributed by atoms with Gasteiger partial charge in [0.2, 0.25) is 0 Å². The van der Waals surface area contributed by atoms with E-state index in [0.29, 0.717) is 0 Å². The normalized spacial score (nSPS) is 12.7. The zero-order valence-corrected chi connectivity index (χ0v) is 7.04. The maximum absolute atomic E-state index is 10.9. The molecule has 0 radical (unpaired) electrons. The van der Waals surface area contributed by atoms with Crippen molar-refractivity contribution in [2.75, 3.05) is 6.61 Å². The highest BCUT2D eigenvalue weighted by Gasteiger charge is 2.17. The van der Waals surface area contributed by atoms with Gasteiger partial charge in [-0.2, -0.15) is 0 Å². The molecular weight excluding hydrogens is 142 g/mol. The zero-order valence-electron chi connectivity index (χ0n) is 7.04. The first-order chi connectivity index (χ1) is 5.09. The van der Waals surface area contributed by atoms with Crippen LogP contribution in [-0.4, -0.2) is 18.6 Å². The minimum absolute atomic E-state index is 0.118. The quantitative estimate of drug-likeness (QED) is 0.482. The van der Waals surface area contributed by atoms with E-state index in [9.17, 15) is 4.79 Å². The predicted octanol–water partition coefficient (Wildman–Crippen LogP) is 0.699. The van der Waals surface area contributed by atoms with E-state index in [-0.39, 0.29) is 18.5 Å². The summed E-state index contributed by atoms with van der Waals surface area (Å²) < 4.78 is 4.73. The van der Waals surface area contributed by atoms with Gasteiger partial charge in [-0.25, -0.2) is 0 Å². The van der Waals surface area contributed by atoms with Gasteiger partial charge in [-0.15, -0.1) is 0 Å². The summed E-state index contributed by atoms with van der Waals surface area (Å²) in [5.41, 5.74) is 5.49. The Labute approximate surface area is 67.2 Å². The first-order valence-corrected chi connectivity index (χ1v) is 3.62. The van der Waals surface area contributed by atoms with Gasteiger partial charge in [-0.1, -0.05) is 26.5 Å². The van der Waals surface area contributed by atoms with Gasteiger partial charge >= 0.3 is 5.97 Å². The Hall–Kier alpha value is -0.830. The maximum Gasteiger partial charge on any atom is 0.323 e. The van der Waals surface area contributed by atoms with Crippen molar-refractivity contribution in [1.29, 1.82) is 0 Å². The van der Waals surface area contributed by atoms with Crippen molar-refractivity contribution in [2.45, 2.75) is 19.9 Å². The molecule has 0 aromatic heterocycles. The first-order valence-electron chi connectivity index (χ1n) is 3.62. The highest BCUT2D eigenvalue weighted by molar-refractivity contribution is 5.75. The molecule has 0 heterocycles. The Morgan fingerprint density at radius 3 is 2.64 bits per heavy atom. The number of esters is 1.